The molecule has 0 aromatic carbocycles. The van der Waals surface area contributed by atoms with Gasteiger partial charge in [0, 0.05) is 37.6 Å². The van der Waals surface area contributed by atoms with Gasteiger partial charge in [-0.25, -0.2) is 0 Å². The van der Waals surface area contributed by atoms with Crippen LogP contribution in [-0.4, -0.2) is 36.3 Å². The van der Waals surface area contributed by atoms with E-state index in [0.29, 0.717) is 30.5 Å². The lowest BCUT2D eigenvalue weighted by Gasteiger charge is -2.16. The number of nitriles is 1. The Morgan fingerprint density at radius 1 is 1.25 bits per heavy atom. The zero-order chi connectivity index (χ0) is 16.4. The molecule has 8 heteroatoms. The SMILES string of the molecule is N#Cc1cc2n(n1)CCCN(Cc1nc(-c3ccncc3)no1)C2. The van der Waals surface area contributed by atoms with E-state index in [1.807, 2.05) is 22.9 Å². The Labute approximate surface area is 138 Å². The predicted molar refractivity (Wildman–Crippen MR) is 83.2 cm³/mol. The summed E-state index contributed by atoms with van der Waals surface area (Å²) >= 11 is 0. The summed E-state index contributed by atoms with van der Waals surface area (Å²) in [6.45, 7) is 3.02. The Balaban J connectivity index is 1.49. The Morgan fingerprint density at radius 3 is 2.96 bits per heavy atom. The fraction of sp³-hybridized carbons (Fsp3) is 0.312. The van der Waals surface area contributed by atoms with Gasteiger partial charge in [0.1, 0.15) is 6.07 Å². The highest BCUT2D eigenvalue weighted by atomic mass is 16.5. The lowest BCUT2D eigenvalue weighted by Crippen LogP contribution is -2.22. The molecule has 1 aliphatic heterocycles. The van der Waals surface area contributed by atoms with Gasteiger partial charge in [0.25, 0.3) is 0 Å². The Hall–Kier alpha value is -3.05. The molecule has 4 rings (SSSR count). The van der Waals surface area contributed by atoms with Crippen molar-refractivity contribution in [3.63, 3.8) is 0 Å². The molecule has 0 fully saturated rings. The van der Waals surface area contributed by atoms with Crippen molar-refractivity contribution < 1.29 is 4.52 Å². The topological polar surface area (TPSA) is 96.7 Å². The van der Waals surface area contributed by atoms with E-state index in [0.717, 1.165) is 30.8 Å². The Morgan fingerprint density at radius 2 is 2.12 bits per heavy atom. The average Bonchev–Trinajstić information content (AvgIpc) is 3.19. The monoisotopic (exact) mass is 321 g/mol. The van der Waals surface area contributed by atoms with Crippen LogP contribution >= 0.6 is 0 Å². The molecule has 3 aromatic heterocycles. The molecule has 4 heterocycles. The number of fused-ring (bicyclic) bond motifs is 1. The minimum absolute atomic E-state index is 0.463. The van der Waals surface area contributed by atoms with Crippen molar-refractivity contribution in [3.05, 3.63) is 47.9 Å². The molecule has 120 valence electrons. The van der Waals surface area contributed by atoms with E-state index in [4.69, 9.17) is 9.78 Å². The standard InChI is InChI=1S/C16H15N7O/c17-9-13-8-14-10-22(6-1-7-23(14)20-13)11-15-19-16(21-24-15)12-2-4-18-5-3-12/h2-5,8H,1,6-7,10-11H2. The quantitative estimate of drug-likeness (QED) is 0.723. The van der Waals surface area contributed by atoms with Crippen LogP contribution in [0, 0.1) is 11.3 Å². The molecule has 8 nitrogen and oxygen atoms in total. The van der Waals surface area contributed by atoms with Crippen LogP contribution in [0.3, 0.4) is 0 Å². The highest BCUT2D eigenvalue weighted by molar-refractivity contribution is 5.52. The van der Waals surface area contributed by atoms with Crippen LogP contribution in [0.1, 0.15) is 23.7 Å². The van der Waals surface area contributed by atoms with Gasteiger partial charge in [-0.2, -0.15) is 15.3 Å². The third-order valence-electron chi connectivity index (χ3n) is 3.97. The number of nitrogens with zero attached hydrogens (tertiary/aromatic N) is 7. The number of rotatable bonds is 3. The molecule has 0 aliphatic carbocycles. The zero-order valence-corrected chi connectivity index (χ0v) is 13.0. The van der Waals surface area contributed by atoms with Crippen LogP contribution in [0.5, 0.6) is 0 Å². The van der Waals surface area contributed by atoms with Gasteiger partial charge in [0.2, 0.25) is 11.7 Å². The third-order valence-corrected chi connectivity index (χ3v) is 3.97. The third kappa shape index (κ3) is 2.89. The minimum Gasteiger partial charge on any atom is -0.338 e. The lowest BCUT2D eigenvalue weighted by atomic mass is 10.2. The lowest BCUT2D eigenvalue weighted by molar-refractivity contribution is 0.222. The molecule has 0 spiro atoms. The number of aryl methyl sites for hydroxylation is 1. The van der Waals surface area contributed by atoms with E-state index in [-0.39, 0.29) is 0 Å². The second-order valence-corrected chi connectivity index (χ2v) is 5.67. The van der Waals surface area contributed by atoms with Gasteiger partial charge in [-0.05, 0) is 24.6 Å². The molecule has 0 atom stereocenters. The first-order valence-corrected chi connectivity index (χ1v) is 7.74. The van der Waals surface area contributed by atoms with E-state index in [1.165, 1.54) is 0 Å². The van der Waals surface area contributed by atoms with E-state index in [1.54, 1.807) is 12.4 Å². The maximum Gasteiger partial charge on any atom is 0.241 e. The van der Waals surface area contributed by atoms with Crippen LogP contribution < -0.4 is 0 Å². The van der Waals surface area contributed by atoms with Crippen LogP contribution in [0.4, 0.5) is 0 Å². The van der Waals surface area contributed by atoms with E-state index in [9.17, 15) is 0 Å². The molecular weight excluding hydrogens is 306 g/mol. The summed E-state index contributed by atoms with van der Waals surface area (Å²) in [6, 6.07) is 7.64. The maximum atomic E-state index is 8.99. The molecule has 0 amide bonds. The van der Waals surface area contributed by atoms with Gasteiger partial charge in [0.15, 0.2) is 5.69 Å². The van der Waals surface area contributed by atoms with Crippen molar-refractivity contribution >= 4 is 0 Å². The predicted octanol–water partition coefficient (Wildman–Crippen LogP) is 1.61. The largest absolute Gasteiger partial charge is 0.338 e. The molecule has 0 N–H and O–H groups in total. The summed E-state index contributed by atoms with van der Waals surface area (Å²) in [5.74, 6) is 1.15. The first kappa shape index (κ1) is 14.5. The van der Waals surface area contributed by atoms with E-state index < -0.39 is 0 Å². The fourth-order valence-corrected chi connectivity index (χ4v) is 2.85. The van der Waals surface area contributed by atoms with Gasteiger partial charge < -0.3 is 4.52 Å². The maximum absolute atomic E-state index is 8.99. The summed E-state index contributed by atoms with van der Waals surface area (Å²) < 4.78 is 7.29. The normalized spacial score (nSPS) is 14.8. The van der Waals surface area contributed by atoms with E-state index >= 15 is 0 Å². The number of aromatic nitrogens is 5. The first-order chi connectivity index (χ1) is 11.8. The molecule has 3 aromatic rings. The van der Waals surface area contributed by atoms with Gasteiger partial charge >= 0.3 is 0 Å². The summed E-state index contributed by atoms with van der Waals surface area (Å²) in [6.07, 6.45) is 4.37. The molecule has 0 bridgehead atoms. The summed E-state index contributed by atoms with van der Waals surface area (Å²) in [4.78, 5) is 10.7. The van der Waals surface area contributed by atoms with Crippen LogP contribution in [0.25, 0.3) is 11.4 Å². The van der Waals surface area contributed by atoms with Crippen molar-refractivity contribution in [2.75, 3.05) is 6.54 Å². The zero-order valence-electron chi connectivity index (χ0n) is 13.0. The molecule has 0 saturated carbocycles. The molecular formula is C16H15N7O. The van der Waals surface area contributed by atoms with Crippen molar-refractivity contribution in [2.24, 2.45) is 0 Å². The van der Waals surface area contributed by atoms with Gasteiger partial charge in [-0.15, -0.1) is 0 Å². The second kappa shape index (κ2) is 6.22. The van der Waals surface area contributed by atoms with Gasteiger partial charge in [-0.1, -0.05) is 5.16 Å². The average molecular weight is 321 g/mol. The second-order valence-electron chi connectivity index (χ2n) is 5.67. The van der Waals surface area contributed by atoms with Crippen molar-refractivity contribution in [2.45, 2.75) is 26.1 Å². The van der Waals surface area contributed by atoms with Crippen LogP contribution in [0.2, 0.25) is 0 Å². The summed E-state index contributed by atoms with van der Waals surface area (Å²) in [5.41, 5.74) is 2.38. The molecule has 0 radical (unpaired) electrons. The molecule has 24 heavy (non-hydrogen) atoms. The van der Waals surface area contributed by atoms with E-state index in [2.05, 4.69) is 31.2 Å². The van der Waals surface area contributed by atoms with Gasteiger partial charge in [0.05, 0.1) is 12.2 Å². The number of hydrogen-bond donors (Lipinski definition) is 0. The fourth-order valence-electron chi connectivity index (χ4n) is 2.85. The highest BCUT2D eigenvalue weighted by Gasteiger charge is 2.19. The number of hydrogen-bond acceptors (Lipinski definition) is 7. The Bertz CT molecular complexity index is 877. The summed E-state index contributed by atoms with van der Waals surface area (Å²) in [7, 11) is 0. The van der Waals surface area contributed by atoms with Crippen molar-refractivity contribution in [3.8, 4) is 17.5 Å². The molecule has 0 saturated heterocycles. The van der Waals surface area contributed by atoms with Crippen molar-refractivity contribution in [1.29, 1.82) is 5.26 Å². The highest BCUT2D eigenvalue weighted by Crippen LogP contribution is 2.18. The Kier molecular flexibility index (Phi) is 3.76. The minimum atomic E-state index is 0.463. The number of pyridine rings is 1. The molecule has 1 aliphatic rings. The van der Waals surface area contributed by atoms with Crippen LogP contribution in [-0.2, 0) is 19.6 Å². The smallest absolute Gasteiger partial charge is 0.241 e. The van der Waals surface area contributed by atoms with Crippen molar-refractivity contribution in [1.82, 2.24) is 29.8 Å². The first-order valence-electron chi connectivity index (χ1n) is 7.74. The van der Waals surface area contributed by atoms with Crippen LogP contribution in [0.15, 0.2) is 35.1 Å². The molecule has 0 unspecified atom stereocenters. The summed E-state index contributed by atoms with van der Waals surface area (Å²) in [5, 5.41) is 17.3. The van der Waals surface area contributed by atoms with Gasteiger partial charge in [-0.3, -0.25) is 14.6 Å².